The molecule has 1 aliphatic rings. The van der Waals surface area contributed by atoms with Crippen molar-refractivity contribution in [2.45, 2.75) is 12.5 Å². The number of nitrogens with zero attached hydrogens (tertiary/aromatic N) is 4. The molecule has 0 unspecified atom stereocenters. The fourth-order valence-electron chi connectivity index (χ4n) is 4.18. The monoisotopic (exact) mass is 508 g/mol. The third-order valence-electron chi connectivity index (χ3n) is 5.85. The summed E-state index contributed by atoms with van der Waals surface area (Å²) in [6.45, 7) is 0. The first-order valence-electron chi connectivity index (χ1n) is 10.9. The number of aromatic nitrogens is 2. The number of para-hydroxylation sites is 1. The highest BCUT2D eigenvalue weighted by Gasteiger charge is 2.37. The lowest BCUT2D eigenvalue weighted by Gasteiger charge is -2.21. The van der Waals surface area contributed by atoms with Crippen molar-refractivity contribution in [3.63, 3.8) is 0 Å². The van der Waals surface area contributed by atoms with E-state index in [0.29, 0.717) is 23.6 Å². The number of benzene rings is 2. The number of rotatable bonds is 7. The number of sulfonamides is 1. The van der Waals surface area contributed by atoms with Gasteiger partial charge in [-0.05, 0) is 41.8 Å². The summed E-state index contributed by atoms with van der Waals surface area (Å²) in [6.07, 6.45) is 3.46. The first-order chi connectivity index (χ1) is 16.9. The van der Waals surface area contributed by atoms with Crippen molar-refractivity contribution in [2.24, 2.45) is 5.10 Å². The highest BCUT2D eigenvalue weighted by atomic mass is 32.2. The smallest absolute Gasteiger partial charge is 0.247 e. The van der Waals surface area contributed by atoms with E-state index in [1.54, 1.807) is 36.3 Å². The predicted molar refractivity (Wildman–Crippen MR) is 137 cm³/mol. The Bertz CT molecular complexity index is 1480. The first kappa shape index (κ1) is 23.1. The van der Waals surface area contributed by atoms with Crippen LogP contribution in [0.25, 0.3) is 16.9 Å². The van der Waals surface area contributed by atoms with Crippen LogP contribution in [0.2, 0.25) is 0 Å². The molecule has 4 aromatic rings. The quantitative estimate of drug-likeness (QED) is 0.360. The van der Waals surface area contributed by atoms with Crippen molar-refractivity contribution in [1.29, 1.82) is 0 Å². The van der Waals surface area contributed by atoms with Gasteiger partial charge in [0, 0.05) is 34.7 Å². The second-order valence-electron chi connectivity index (χ2n) is 8.10. The van der Waals surface area contributed by atoms with E-state index in [1.807, 2.05) is 65.5 Å². The zero-order valence-corrected chi connectivity index (χ0v) is 21.1. The number of hydrogen-bond acceptors (Lipinski definition) is 7. The van der Waals surface area contributed by atoms with Crippen LogP contribution in [0.4, 0.5) is 0 Å². The fourth-order valence-corrected chi connectivity index (χ4v) is 5.72. The van der Waals surface area contributed by atoms with E-state index in [1.165, 1.54) is 10.7 Å². The van der Waals surface area contributed by atoms with Crippen molar-refractivity contribution in [1.82, 2.24) is 14.2 Å². The van der Waals surface area contributed by atoms with E-state index in [-0.39, 0.29) is 0 Å². The standard InChI is InChI=1S/C25H24N4O4S2/c1-32-23-10-9-17(13-24(23)33-2)21-14-22(29(26-21)35(3,30)31)20-15-28(19-7-5-4-6-8-19)27-25(20)18-11-12-34-16-18/h4-13,15-16,22H,14H2,1-3H3/t22-/m1/s1. The molecule has 1 aliphatic heterocycles. The van der Waals surface area contributed by atoms with Gasteiger partial charge in [-0.3, -0.25) is 0 Å². The fraction of sp³-hybridized carbons (Fsp3) is 0.200. The summed E-state index contributed by atoms with van der Waals surface area (Å²) in [5.41, 5.74) is 4.76. The molecule has 8 nitrogen and oxygen atoms in total. The van der Waals surface area contributed by atoms with Gasteiger partial charge in [-0.25, -0.2) is 13.1 Å². The molecule has 0 fully saturated rings. The highest BCUT2D eigenvalue weighted by molar-refractivity contribution is 7.88. The molecule has 0 radical (unpaired) electrons. The second kappa shape index (κ2) is 9.20. The maximum Gasteiger partial charge on any atom is 0.247 e. The molecule has 2 aromatic carbocycles. The summed E-state index contributed by atoms with van der Waals surface area (Å²) in [4.78, 5) is 0. The number of methoxy groups -OCH3 is 2. The Balaban J connectivity index is 1.61. The van der Waals surface area contributed by atoms with Crippen LogP contribution in [-0.4, -0.2) is 48.8 Å². The van der Waals surface area contributed by atoms with Crippen LogP contribution < -0.4 is 9.47 Å². The summed E-state index contributed by atoms with van der Waals surface area (Å²) in [5, 5.41) is 13.4. The third kappa shape index (κ3) is 4.42. The Morgan fingerprint density at radius 3 is 2.43 bits per heavy atom. The minimum atomic E-state index is -3.65. The van der Waals surface area contributed by atoms with Crippen LogP contribution in [0.15, 0.2) is 76.7 Å². The SMILES string of the molecule is COc1ccc(C2=NN(S(C)(=O)=O)[C@@H](c3cn(-c4ccccc4)nc3-c3ccsc3)C2)cc1OC. The van der Waals surface area contributed by atoms with Gasteiger partial charge in [-0.1, -0.05) is 18.2 Å². The van der Waals surface area contributed by atoms with Crippen LogP contribution in [-0.2, 0) is 10.0 Å². The average Bonchev–Trinajstić information content (AvgIpc) is 3.62. The molecule has 2 aromatic heterocycles. The van der Waals surface area contributed by atoms with Crippen LogP contribution >= 0.6 is 11.3 Å². The van der Waals surface area contributed by atoms with Crippen LogP contribution in [0.1, 0.15) is 23.6 Å². The van der Waals surface area contributed by atoms with Gasteiger partial charge < -0.3 is 9.47 Å². The van der Waals surface area contributed by atoms with E-state index in [0.717, 1.165) is 28.1 Å². The molecule has 0 aliphatic carbocycles. The van der Waals surface area contributed by atoms with Crippen molar-refractivity contribution in [3.05, 3.63) is 82.7 Å². The first-order valence-corrected chi connectivity index (χ1v) is 13.6. The van der Waals surface area contributed by atoms with Gasteiger partial charge in [0.15, 0.2) is 11.5 Å². The molecular formula is C25H24N4O4S2. The van der Waals surface area contributed by atoms with E-state index in [4.69, 9.17) is 14.6 Å². The zero-order valence-electron chi connectivity index (χ0n) is 19.5. The van der Waals surface area contributed by atoms with Crippen LogP contribution in [0.5, 0.6) is 11.5 Å². The molecule has 0 amide bonds. The predicted octanol–water partition coefficient (Wildman–Crippen LogP) is 4.73. The highest BCUT2D eigenvalue weighted by Crippen LogP contribution is 2.40. The average molecular weight is 509 g/mol. The van der Waals surface area contributed by atoms with Gasteiger partial charge in [0.05, 0.1) is 43.6 Å². The summed E-state index contributed by atoms with van der Waals surface area (Å²) in [6, 6.07) is 16.7. The summed E-state index contributed by atoms with van der Waals surface area (Å²) >= 11 is 1.57. The molecule has 3 heterocycles. The lowest BCUT2D eigenvalue weighted by Crippen LogP contribution is -2.26. The Labute approximate surface area is 208 Å². The number of thiophene rings is 1. The second-order valence-corrected chi connectivity index (χ2v) is 10.7. The van der Waals surface area contributed by atoms with Crippen molar-refractivity contribution in [3.8, 4) is 28.4 Å². The van der Waals surface area contributed by atoms with Gasteiger partial charge in [0.2, 0.25) is 10.0 Å². The summed E-state index contributed by atoms with van der Waals surface area (Å²) in [7, 11) is -0.519. The van der Waals surface area contributed by atoms with E-state index in [9.17, 15) is 8.42 Å². The zero-order chi connectivity index (χ0) is 24.6. The molecular weight excluding hydrogens is 484 g/mol. The minimum Gasteiger partial charge on any atom is -0.493 e. The molecule has 0 saturated heterocycles. The maximum atomic E-state index is 12.8. The van der Waals surface area contributed by atoms with Gasteiger partial charge in [-0.15, -0.1) is 0 Å². The summed E-state index contributed by atoms with van der Waals surface area (Å²) in [5.74, 6) is 1.15. The van der Waals surface area contributed by atoms with Gasteiger partial charge in [-0.2, -0.15) is 26.0 Å². The molecule has 0 N–H and O–H groups in total. The van der Waals surface area contributed by atoms with Crippen molar-refractivity contribution >= 4 is 27.1 Å². The molecule has 10 heteroatoms. The number of hydrogen-bond donors (Lipinski definition) is 0. The van der Waals surface area contributed by atoms with Crippen molar-refractivity contribution in [2.75, 3.05) is 20.5 Å². The Morgan fingerprint density at radius 2 is 1.77 bits per heavy atom. The molecule has 5 rings (SSSR count). The molecule has 35 heavy (non-hydrogen) atoms. The molecule has 180 valence electrons. The Morgan fingerprint density at radius 1 is 1.00 bits per heavy atom. The molecule has 0 bridgehead atoms. The van der Waals surface area contributed by atoms with E-state index >= 15 is 0 Å². The number of hydrazone groups is 1. The maximum absolute atomic E-state index is 12.8. The summed E-state index contributed by atoms with van der Waals surface area (Å²) < 4.78 is 39.4. The minimum absolute atomic E-state index is 0.389. The van der Waals surface area contributed by atoms with Gasteiger partial charge in [0.25, 0.3) is 0 Å². The van der Waals surface area contributed by atoms with Crippen LogP contribution in [0.3, 0.4) is 0 Å². The van der Waals surface area contributed by atoms with Gasteiger partial charge >= 0.3 is 0 Å². The van der Waals surface area contributed by atoms with Gasteiger partial charge in [0.1, 0.15) is 0 Å². The molecule has 0 spiro atoms. The van der Waals surface area contributed by atoms with Crippen LogP contribution in [0, 0.1) is 0 Å². The topological polar surface area (TPSA) is 86.0 Å². The Hall–Kier alpha value is -3.63. The van der Waals surface area contributed by atoms with Crippen molar-refractivity contribution < 1.29 is 17.9 Å². The lowest BCUT2D eigenvalue weighted by atomic mass is 9.98. The largest absolute Gasteiger partial charge is 0.493 e. The molecule has 1 atom stereocenters. The van der Waals surface area contributed by atoms with E-state index in [2.05, 4.69) is 5.10 Å². The lowest BCUT2D eigenvalue weighted by molar-refractivity contribution is 0.355. The third-order valence-corrected chi connectivity index (χ3v) is 7.54. The van der Waals surface area contributed by atoms with E-state index < -0.39 is 16.1 Å². The molecule has 0 saturated carbocycles. The number of ether oxygens (including phenoxy) is 2. The normalized spacial score (nSPS) is 15.8. The Kier molecular flexibility index (Phi) is 6.08.